The van der Waals surface area contributed by atoms with E-state index in [9.17, 15) is 8.78 Å². The third kappa shape index (κ3) is 2.91. The predicted molar refractivity (Wildman–Crippen MR) is 75.6 cm³/mol. The summed E-state index contributed by atoms with van der Waals surface area (Å²) < 4.78 is 32.3. The molecule has 0 atom stereocenters. The van der Waals surface area contributed by atoms with E-state index in [2.05, 4.69) is 10.3 Å². The van der Waals surface area contributed by atoms with Crippen LogP contribution >= 0.6 is 0 Å². The minimum atomic E-state index is -0.561. The number of halogens is 2. The molecule has 5 heteroatoms. The van der Waals surface area contributed by atoms with Crippen molar-refractivity contribution in [1.29, 1.82) is 0 Å². The summed E-state index contributed by atoms with van der Waals surface area (Å²) in [6, 6.07) is 11.2. The first-order valence-corrected chi connectivity index (χ1v) is 6.40. The Hall–Kier alpha value is -2.69. The number of hydrogen-bond acceptors (Lipinski definition) is 3. The second-order valence-electron chi connectivity index (χ2n) is 4.50. The zero-order chi connectivity index (χ0) is 14.7. The van der Waals surface area contributed by atoms with Crippen molar-refractivity contribution in [2.24, 2.45) is 0 Å². The molecule has 3 rings (SSSR count). The average Bonchev–Trinajstić information content (AvgIpc) is 3.01. The molecule has 21 heavy (non-hydrogen) atoms. The minimum Gasteiger partial charge on any atom is -0.444 e. The standard InChI is InChI=1S/C16H12F2N2O/c17-14-5-2-6-15(18)13(14)8-20-12-4-1-3-11(7-12)16-9-19-10-21-16/h1-7,9-10,20H,8H2. The molecule has 1 heterocycles. The first-order valence-electron chi connectivity index (χ1n) is 6.40. The third-order valence-electron chi connectivity index (χ3n) is 3.11. The van der Waals surface area contributed by atoms with Crippen LogP contribution in [0.4, 0.5) is 14.5 Å². The van der Waals surface area contributed by atoms with Gasteiger partial charge in [-0.25, -0.2) is 13.8 Å². The number of nitrogens with one attached hydrogen (secondary N) is 1. The van der Waals surface area contributed by atoms with Crippen LogP contribution in [0.15, 0.2) is 59.5 Å². The lowest BCUT2D eigenvalue weighted by molar-refractivity contribution is 0.560. The van der Waals surface area contributed by atoms with Gasteiger partial charge < -0.3 is 9.73 Å². The summed E-state index contributed by atoms with van der Waals surface area (Å²) in [6.45, 7) is 0.0678. The zero-order valence-electron chi connectivity index (χ0n) is 11.0. The molecule has 0 radical (unpaired) electrons. The van der Waals surface area contributed by atoms with E-state index in [1.165, 1.54) is 24.6 Å². The van der Waals surface area contributed by atoms with E-state index in [1.54, 1.807) is 6.20 Å². The van der Waals surface area contributed by atoms with Crippen LogP contribution in [0.25, 0.3) is 11.3 Å². The highest BCUT2D eigenvalue weighted by Crippen LogP contribution is 2.23. The molecular formula is C16H12F2N2O. The van der Waals surface area contributed by atoms with E-state index in [-0.39, 0.29) is 12.1 Å². The smallest absolute Gasteiger partial charge is 0.181 e. The Labute approximate surface area is 120 Å². The molecule has 0 amide bonds. The lowest BCUT2D eigenvalue weighted by Gasteiger charge is -2.09. The lowest BCUT2D eigenvalue weighted by Crippen LogP contribution is -2.04. The number of nitrogens with zero attached hydrogens (tertiary/aromatic N) is 1. The molecule has 0 saturated carbocycles. The van der Waals surface area contributed by atoms with Gasteiger partial charge in [-0.1, -0.05) is 18.2 Å². The molecule has 0 unspecified atom stereocenters. The highest BCUT2D eigenvalue weighted by molar-refractivity contribution is 5.63. The summed E-state index contributed by atoms with van der Waals surface area (Å²) in [6.07, 6.45) is 2.96. The van der Waals surface area contributed by atoms with Crippen LogP contribution in [0.5, 0.6) is 0 Å². The van der Waals surface area contributed by atoms with Gasteiger partial charge in [-0.05, 0) is 24.3 Å². The van der Waals surface area contributed by atoms with Gasteiger partial charge in [0.1, 0.15) is 11.6 Å². The number of rotatable bonds is 4. The van der Waals surface area contributed by atoms with Gasteiger partial charge in [0.25, 0.3) is 0 Å². The van der Waals surface area contributed by atoms with E-state index < -0.39 is 11.6 Å². The number of oxazole rings is 1. The van der Waals surface area contributed by atoms with Crippen molar-refractivity contribution in [3.8, 4) is 11.3 Å². The monoisotopic (exact) mass is 286 g/mol. The largest absolute Gasteiger partial charge is 0.444 e. The SMILES string of the molecule is Fc1cccc(F)c1CNc1cccc(-c2cnco2)c1. The highest BCUT2D eigenvalue weighted by Gasteiger charge is 2.08. The first kappa shape index (κ1) is 13.3. The van der Waals surface area contributed by atoms with Crippen LogP contribution in [0.1, 0.15) is 5.56 Å². The van der Waals surface area contributed by atoms with Gasteiger partial charge in [0.05, 0.1) is 6.20 Å². The summed E-state index contributed by atoms with van der Waals surface area (Å²) >= 11 is 0. The Kier molecular flexibility index (Phi) is 3.64. The van der Waals surface area contributed by atoms with Gasteiger partial charge in [0.15, 0.2) is 12.2 Å². The number of anilines is 1. The van der Waals surface area contributed by atoms with Crippen molar-refractivity contribution in [3.63, 3.8) is 0 Å². The maximum atomic E-state index is 13.6. The van der Waals surface area contributed by atoms with Crippen molar-refractivity contribution in [1.82, 2.24) is 4.98 Å². The van der Waals surface area contributed by atoms with E-state index >= 15 is 0 Å². The number of hydrogen-bond donors (Lipinski definition) is 1. The number of benzene rings is 2. The van der Waals surface area contributed by atoms with Crippen LogP contribution in [0.3, 0.4) is 0 Å². The fraction of sp³-hybridized carbons (Fsp3) is 0.0625. The van der Waals surface area contributed by atoms with Gasteiger partial charge in [0, 0.05) is 23.4 Å². The minimum absolute atomic E-state index is 0.0163. The Morgan fingerprint density at radius 1 is 1.05 bits per heavy atom. The Morgan fingerprint density at radius 2 is 1.81 bits per heavy atom. The normalized spacial score (nSPS) is 10.6. The van der Waals surface area contributed by atoms with Crippen LogP contribution in [0, 0.1) is 11.6 Å². The van der Waals surface area contributed by atoms with Crippen LogP contribution in [0.2, 0.25) is 0 Å². The van der Waals surface area contributed by atoms with Gasteiger partial charge >= 0.3 is 0 Å². The van der Waals surface area contributed by atoms with Crippen molar-refractivity contribution in [2.45, 2.75) is 6.54 Å². The van der Waals surface area contributed by atoms with Gasteiger partial charge in [0.2, 0.25) is 0 Å². The van der Waals surface area contributed by atoms with Gasteiger partial charge in [-0.15, -0.1) is 0 Å². The van der Waals surface area contributed by atoms with Crippen LogP contribution < -0.4 is 5.32 Å². The molecule has 0 aliphatic rings. The highest BCUT2D eigenvalue weighted by atomic mass is 19.1. The molecule has 0 saturated heterocycles. The second-order valence-corrected chi connectivity index (χ2v) is 4.50. The average molecular weight is 286 g/mol. The molecule has 0 aliphatic carbocycles. The molecule has 2 aromatic carbocycles. The molecule has 106 valence electrons. The molecule has 0 spiro atoms. The summed E-state index contributed by atoms with van der Waals surface area (Å²) in [5.41, 5.74) is 1.60. The van der Waals surface area contributed by atoms with Gasteiger partial charge in [-0.3, -0.25) is 0 Å². The van der Waals surface area contributed by atoms with E-state index in [0.717, 1.165) is 11.3 Å². The van der Waals surface area contributed by atoms with Crippen LogP contribution in [-0.4, -0.2) is 4.98 Å². The lowest BCUT2D eigenvalue weighted by atomic mass is 10.1. The summed E-state index contributed by atoms with van der Waals surface area (Å²) in [4.78, 5) is 3.86. The van der Waals surface area contributed by atoms with Crippen molar-refractivity contribution < 1.29 is 13.2 Å². The molecule has 3 aromatic rings. The number of aromatic nitrogens is 1. The summed E-state index contributed by atoms with van der Waals surface area (Å²) in [5.74, 6) is -0.487. The summed E-state index contributed by atoms with van der Waals surface area (Å²) in [7, 11) is 0. The topological polar surface area (TPSA) is 38.1 Å². The second kappa shape index (κ2) is 5.75. The van der Waals surface area contributed by atoms with Crippen molar-refractivity contribution in [3.05, 3.63) is 72.3 Å². The molecule has 1 aromatic heterocycles. The van der Waals surface area contributed by atoms with Crippen molar-refractivity contribution in [2.75, 3.05) is 5.32 Å². The Balaban J connectivity index is 1.78. The van der Waals surface area contributed by atoms with Gasteiger partial charge in [-0.2, -0.15) is 0 Å². The van der Waals surface area contributed by atoms with E-state index in [1.807, 2.05) is 24.3 Å². The zero-order valence-corrected chi connectivity index (χ0v) is 11.0. The fourth-order valence-corrected chi connectivity index (χ4v) is 2.03. The Bertz CT molecular complexity index is 722. The molecule has 3 nitrogen and oxygen atoms in total. The maximum Gasteiger partial charge on any atom is 0.181 e. The molecular weight excluding hydrogens is 274 g/mol. The quantitative estimate of drug-likeness (QED) is 0.780. The molecule has 0 bridgehead atoms. The fourth-order valence-electron chi connectivity index (χ4n) is 2.03. The van der Waals surface area contributed by atoms with Crippen LogP contribution in [-0.2, 0) is 6.54 Å². The van der Waals surface area contributed by atoms with Crippen molar-refractivity contribution >= 4 is 5.69 Å². The molecule has 0 fully saturated rings. The maximum absolute atomic E-state index is 13.6. The van der Waals surface area contributed by atoms with E-state index in [0.29, 0.717) is 5.76 Å². The van der Waals surface area contributed by atoms with E-state index in [4.69, 9.17) is 4.42 Å². The third-order valence-corrected chi connectivity index (χ3v) is 3.11. The predicted octanol–water partition coefficient (Wildman–Crippen LogP) is 4.23. The summed E-state index contributed by atoms with van der Waals surface area (Å²) in [5, 5.41) is 3.00. The first-order chi connectivity index (χ1) is 10.2. The Morgan fingerprint density at radius 3 is 2.52 bits per heavy atom. The molecule has 1 N–H and O–H groups in total. The molecule has 0 aliphatic heterocycles.